The molecule has 0 aliphatic carbocycles. The van der Waals surface area contributed by atoms with Crippen molar-refractivity contribution in [2.75, 3.05) is 18.0 Å². The highest BCUT2D eigenvalue weighted by Crippen LogP contribution is 2.39. The van der Waals surface area contributed by atoms with E-state index in [0.29, 0.717) is 17.8 Å². The minimum Gasteiger partial charge on any atom is -0.380 e. The van der Waals surface area contributed by atoms with Crippen LogP contribution in [-0.2, 0) is 0 Å². The molecule has 0 saturated carbocycles. The number of aliphatic hydroxyl groups is 1. The van der Waals surface area contributed by atoms with Gasteiger partial charge in [-0.05, 0) is 18.9 Å². The quantitative estimate of drug-likeness (QED) is 0.859. The maximum atomic E-state index is 12.9. The molecule has 1 atom stereocenters. The Kier molecular flexibility index (Phi) is 3.86. The Morgan fingerprint density at radius 3 is 2.75 bits per heavy atom. The smallest absolute Gasteiger partial charge is 0.380 e. The van der Waals surface area contributed by atoms with Crippen molar-refractivity contribution in [3.63, 3.8) is 0 Å². The Balaban J connectivity index is 2.21. The van der Waals surface area contributed by atoms with Gasteiger partial charge >= 0.3 is 6.18 Å². The van der Waals surface area contributed by atoms with Crippen LogP contribution >= 0.6 is 0 Å². The number of nitrogens with zero attached hydrogens (tertiary/aromatic N) is 3. The van der Waals surface area contributed by atoms with E-state index in [0.717, 1.165) is 0 Å². The topological polar surface area (TPSA) is 60.2 Å². The van der Waals surface area contributed by atoms with E-state index in [9.17, 15) is 18.3 Å². The number of rotatable bonds is 1. The maximum Gasteiger partial charge on any atom is 0.417 e. The fourth-order valence-electron chi connectivity index (χ4n) is 2.39. The Bertz CT molecular complexity index is 526. The van der Waals surface area contributed by atoms with Crippen molar-refractivity contribution in [1.82, 2.24) is 4.98 Å². The van der Waals surface area contributed by atoms with Crippen LogP contribution in [0.25, 0.3) is 0 Å². The predicted molar refractivity (Wildman–Crippen MR) is 66.0 cm³/mol. The normalized spacial score (nSPS) is 24.1. The zero-order valence-corrected chi connectivity index (χ0v) is 10.7. The fraction of sp³-hybridized carbons (Fsp3) is 0.538. The SMILES string of the molecule is N#Cc1cnccc1N1CCCC(O)(C(F)(F)F)CC1. The van der Waals surface area contributed by atoms with Crippen LogP contribution in [0, 0.1) is 11.3 Å². The van der Waals surface area contributed by atoms with Crippen LogP contribution in [0.3, 0.4) is 0 Å². The number of pyridine rings is 1. The molecule has 20 heavy (non-hydrogen) atoms. The summed E-state index contributed by atoms with van der Waals surface area (Å²) >= 11 is 0. The molecule has 1 aliphatic rings. The number of anilines is 1. The lowest BCUT2D eigenvalue weighted by molar-refractivity contribution is -0.263. The molecule has 1 N–H and O–H groups in total. The van der Waals surface area contributed by atoms with E-state index in [-0.39, 0.29) is 19.4 Å². The highest BCUT2D eigenvalue weighted by molar-refractivity contribution is 5.57. The Hall–Kier alpha value is -1.81. The lowest BCUT2D eigenvalue weighted by Gasteiger charge is -2.29. The first-order valence-corrected chi connectivity index (χ1v) is 6.25. The third kappa shape index (κ3) is 2.70. The molecule has 1 unspecified atom stereocenters. The van der Waals surface area contributed by atoms with E-state index in [4.69, 9.17) is 5.26 Å². The van der Waals surface area contributed by atoms with Gasteiger partial charge in [0, 0.05) is 31.9 Å². The van der Waals surface area contributed by atoms with Crippen molar-refractivity contribution in [3.05, 3.63) is 24.0 Å². The van der Waals surface area contributed by atoms with Gasteiger partial charge in [-0.1, -0.05) is 0 Å². The van der Waals surface area contributed by atoms with Gasteiger partial charge in [-0.2, -0.15) is 18.4 Å². The molecule has 4 nitrogen and oxygen atoms in total. The molecule has 1 aromatic rings. The lowest BCUT2D eigenvalue weighted by atomic mass is 9.94. The molecule has 1 saturated heterocycles. The summed E-state index contributed by atoms with van der Waals surface area (Å²) in [6.07, 6.45) is -2.25. The highest BCUT2D eigenvalue weighted by atomic mass is 19.4. The summed E-state index contributed by atoms with van der Waals surface area (Å²) in [5.41, 5.74) is -1.75. The van der Waals surface area contributed by atoms with Gasteiger partial charge in [-0.25, -0.2) is 0 Å². The summed E-state index contributed by atoms with van der Waals surface area (Å²) < 4.78 is 38.6. The summed E-state index contributed by atoms with van der Waals surface area (Å²) in [5.74, 6) is 0. The standard InChI is InChI=1S/C13H14F3N3O/c14-13(15,16)12(20)3-1-6-19(7-4-12)11-2-5-18-9-10(11)8-17/h2,5,9,20H,1,3-4,6-7H2. The number of alkyl halides is 3. The second-order valence-electron chi connectivity index (χ2n) is 4.87. The largest absolute Gasteiger partial charge is 0.417 e. The van der Waals surface area contributed by atoms with Crippen molar-refractivity contribution < 1.29 is 18.3 Å². The zero-order chi connectivity index (χ0) is 14.8. The average molecular weight is 285 g/mol. The molecule has 1 aliphatic heterocycles. The highest BCUT2D eigenvalue weighted by Gasteiger charge is 2.53. The lowest BCUT2D eigenvalue weighted by Crippen LogP contribution is -2.45. The van der Waals surface area contributed by atoms with E-state index in [1.807, 2.05) is 6.07 Å². The van der Waals surface area contributed by atoms with Crippen LogP contribution in [0.4, 0.5) is 18.9 Å². The van der Waals surface area contributed by atoms with Crippen LogP contribution in [-0.4, -0.2) is 35.0 Å². The van der Waals surface area contributed by atoms with Gasteiger partial charge in [0.15, 0.2) is 5.60 Å². The Morgan fingerprint density at radius 1 is 1.35 bits per heavy atom. The molecule has 2 rings (SSSR count). The van der Waals surface area contributed by atoms with Crippen LogP contribution in [0.5, 0.6) is 0 Å². The van der Waals surface area contributed by atoms with Gasteiger partial charge in [-0.3, -0.25) is 4.98 Å². The van der Waals surface area contributed by atoms with E-state index < -0.39 is 18.2 Å². The van der Waals surface area contributed by atoms with E-state index in [2.05, 4.69) is 4.98 Å². The summed E-state index contributed by atoms with van der Waals surface area (Å²) in [4.78, 5) is 5.52. The van der Waals surface area contributed by atoms with Crippen LogP contribution in [0.2, 0.25) is 0 Å². The first-order valence-electron chi connectivity index (χ1n) is 6.25. The van der Waals surface area contributed by atoms with Crippen molar-refractivity contribution in [2.45, 2.75) is 31.0 Å². The second kappa shape index (κ2) is 5.29. The number of halogens is 3. The first-order chi connectivity index (χ1) is 9.37. The summed E-state index contributed by atoms with van der Waals surface area (Å²) in [6.45, 7) is 0.422. The van der Waals surface area contributed by atoms with Crippen LogP contribution in [0.15, 0.2) is 18.5 Å². The Morgan fingerprint density at radius 2 is 2.10 bits per heavy atom. The van der Waals surface area contributed by atoms with Crippen molar-refractivity contribution in [2.24, 2.45) is 0 Å². The molecule has 2 heterocycles. The monoisotopic (exact) mass is 285 g/mol. The van der Waals surface area contributed by atoms with Crippen molar-refractivity contribution in [3.8, 4) is 6.07 Å². The third-order valence-electron chi connectivity index (χ3n) is 3.60. The molecular formula is C13H14F3N3O. The molecule has 1 aromatic heterocycles. The van der Waals surface area contributed by atoms with Crippen molar-refractivity contribution >= 4 is 5.69 Å². The molecule has 7 heteroatoms. The van der Waals surface area contributed by atoms with Gasteiger partial charge < -0.3 is 10.0 Å². The van der Waals surface area contributed by atoms with Crippen molar-refractivity contribution in [1.29, 1.82) is 5.26 Å². The van der Waals surface area contributed by atoms with E-state index >= 15 is 0 Å². The van der Waals surface area contributed by atoms with E-state index in [1.54, 1.807) is 11.0 Å². The maximum absolute atomic E-state index is 12.9. The summed E-state index contributed by atoms with van der Waals surface area (Å²) in [7, 11) is 0. The van der Waals surface area contributed by atoms with Crippen LogP contribution < -0.4 is 4.90 Å². The molecule has 0 spiro atoms. The minimum absolute atomic E-state index is 0.0503. The molecule has 0 radical (unpaired) electrons. The summed E-state index contributed by atoms with van der Waals surface area (Å²) in [5, 5.41) is 18.8. The molecule has 108 valence electrons. The second-order valence-corrected chi connectivity index (χ2v) is 4.87. The number of nitriles is 1. The molecule has 0 aromatic carbocycles. The fourth-order valence-corrected chi connectivity index (χ4v) is 2.39. The molecular weight excluding hydrogens is 271 g/mol. The average Bonchev–Trinajstić information content (AvgIpc) is 2.61. The van der Waals surface area contributed by atoms with Gasteiger partial charge in [0.2, 0.25) is 0 Å². The number of hydrogen-bond donors (Lipinski definition) is 1. The Labute approximate surface area is 114 Å². The van der Waals surface area contributed by atoms with E-state index in [1.165, 1.54) is 12.4 Å². The molecule has 1 fully saturated rings. The van der Waals surface area contributed by atoms with Gasteiger partial charge in [0.05, 0.1) is 11.3 Å². The first kappa shape index (κ1) is 14.6. The number of aromatic nitrogens is 1. The van der Waals surface area contributed by atoms with Gasteiger partial charge in [-0.15, -0.1) is 0 Å². The predicted octanol–water partition coefficient (Wildman–Crippen LogP) is 2.24. The third-order valence-corrected chi connectivity index (χ3v) is 3.60. The summed E-state index contributed by atoms with van der Waals surface area (Å²) in [6, 6.07) is 3.58. The minimum atomic E-state index is -4.63. The molecule has 0 amide bonds. The van der Waals surface area contributed by atoms with Crippen LogP contribution in [0.1, 0.15) is 24.8 Å². The molecule has 0 bridgehead atoms. The number of hydrogen-bond acceptors (Lipinski definition) is 4. The van der Waals surface area contributed by atoms with Gasteiger partial charge in [0.1, 0.15) is 6.07 Å². The zero-order valence-electron chi connectivity index (χ0n) is 10.7. The van der Waals surface area contributed by atoms with Gasteiger partial charge in [0.25, 0.3) is 0 Å².